The Hall–Kier alpha value is -2.61. The number of nitrogens with zero attached hydrogens (tertiary/aromatic N) is 4. The molecule has 25 heavy (non-hydrogen) atoms. The maximum atomic E-state index is 12.9. The Labute approximate surface area is 150 Å². The van der Waals surface area contributed by atoms with Crippen molar-refractivity contribution in [3.63, 3.8) is 0 Å². The summed E-state index contributed by atoms with van der Waals surface area (Å²) in [7, 11) is 0. The fourth-order valence-electron chi connectivity index (χ4n) is 2.65. The zero-order valence-electron chi connectivity index (χ0n) is 14.1. The van der Waals surface area contributed by atoms with Crippen LogP contribution in [0, 0.1) is 6.92 Å². The van der Waals surface area contributed by atoms with Crippen LogP contribution < -0.4 is 10.2 Å². The highest BCUT2D eigenvalue weighted by Gasteiger charge is 2.30. The van der Waals surface area contributed by atoms with Gasteiger partial charge >= 0.3 is 0 Å². The fourth-order valence-corrected chi connectivity index (χ4v) is 3.61. The number of carbonyl (C=O) groups is 2. The van der Waals surface area contributed by atoms with Gasteiger partial charge in [0, 0.05) is 6.54 Å². The van der Waals surface area contributed by atoms with E-state index < -0.39 is 5.25 Å². The normalized spacial score (nSPS) is 14.6. The molecule has 0 saturated carbocycles. The van der Waals surface area contributed by atoms with Crippen molar-refractivity contribution in [2.45, 2.75) is 30.8 Å². The van der Waals surface area contributed by atoms with Crippen LogP contribution in [0.25, 0.3) is 0 Å². The lowest BCUT2D eigenvalue weighted by Crippen LogP contribution is -2.45. The van der Waals surface area contributed by atoms with Crippen LogP contribution in [0.15, 0.2) is 42.1 Å². The van der Waals surface area contributed by atoms with E-state index >= 15 is 0 Å². The quantitative estimate of drug-likeness (QED) is 0.656. The van der Waals surface area contributed by atoms with E-state index in [1.807, 2.05) is 36.6 Å². The van der Waals surface area contributed by atoms with Crippen LogP contribution in [0.4, 0.5) is 11.4 Å². The molecule has 2 amide bonds. The third kappa shape index (κ3) is 3.43. The molecular weight excluding hydrogens is 338 g/mol. The van der Waals surface area contributed by atoms with Crippen molar-refractivity contribution in [3.05, 3.63) is 42.7 Å². The Morgan fingerprint density at radius 2 is 2.20 bits per heavy atom. The number of aromatic nitrogens is 3. The van der Waals surface area contributed by atoms with Crippen molar-refractivity contribution < 1.29 is 9.59 Å². The number of aryl methyl sites for hydroxylation is 1. The number of amides is 2. The minimum absolute atomic E-state index is 0.0130. The monoisotopic (exact) mass is 357 g/mol. The summed E-state index contributed by atoms with van der Waals surface area (Å²) in [5, 5.41) is 11.2. The Morgan fingerprint density at radius 3 is 2.96 bits per heavy atom. The highest BCUT2D eigenvalue weighted by Crippen LogP contribution is 2.32. The molecule has 1 aromatic heterocycles. The van der Waals surface area contributed by atoms with Crippen LogP contribution in [0.1, 0.15) is 12.7 Å². The Balaban J connectivity index is 1.82. The van der Waals surface area contributed by atoms with Gasteiger partial charge < -0.3 is 9.88 Å². The van der Waals surface area contributed by atoms with Gasteiger partial charge in [0.05, 0.1) is 16.6 Å². The summed E-state index contributed by atoms with van der Waals surface area (Å²) in [4.78, 5) is 26.4. The Morgan fingerprint density at radius 1 is 1.44 bits per heavy atom. The van der Waals surface area contributed by atoms with Gasteiger partial charge in [0.25, 0.3) is 0 Å². The first-order chi connectivity index (χ1) is 12.0. The summed E-state index contributed by atoms with van der Waals surface area (Å²) in [5.41, 5.74) is 1.36. The van der Waals surface area contributed by atoms with Crippen molar-refractivity contribution in [2.75, 3.05) is 16.8 Å². The van der Waals surface area contributed by atoms with E-state index in [0.29, 0.717) is 23.1 Å². The van der Waals surface area contributed by atoms with Crippen molar-refractivity contribution in [2.24, 2.45) is 0 Å². The van der Waals surface area contributed by atoms with Crippen molar-refractivity contribution in [1.29, 1.82) is 0 Å². The maximum absolute atomic E-state index is 12.9. The average molecular weight is 357 g/mol. The molecule has 130 valence electrons. The van der Waals surface area contributed by atoms with Crippen molar-refractivity contribution in [1.82, 2.24) is 14.8 Å². The van der Waals surface area contributed by atoms with E-state index in [1.165, 1.54) is 16.7 Å². The maximum Gasteiger partial charge on any atom is 0.244 e. The smallest absolute Gasteiger partial charge is 0.244 e. The largest absolute Gasteiger partial charge is 0.323 e. The second-order valence-electron chi connectivity index (χ2n) is 5.68. The average Bonchev–Trinajstić information content (AvgIpc) is 2.94. The summed E-state index contributed by atoms with van der Waals surface area (Å²) in [6.07, 6.45) is 1.76. The highest BCUT2D eigenvalue weighted by atomic mass is 32.2. The number of para-hydroxylation sites is 2. The van der Waals surface area contributed by atoms with Crippen LogP contribution in [0.5, 0.6) is 0 Å². The van der Waals surface area contributed by atoms with Gasteiger partial charge in [-0.15, -0.1) is 16.8 Å². The van der Waals surface area contributed by atoms with Gasteiger partial charge in [0.1, 0.15) is 12.4 Å². The molecular formula is C17H19N5O2S. The highest BCUT2D eigenvalue weighted by molar-refractivity contribution is 8.00. The molecule has 0 unspecified atom stereocenters. The van der Waals surface area contributed by atoms with E-state index in [0.717, 1.165) is 5.82 Å². The molecule has 1 atom stereocenters. The van der Waals surface area contributed by atoms with Crippen molar-refractivity contribution >= 4 is 35.0 Å². The molecule has 0 spiro atoms. The molecule has 0 fully saturated rings. The molecule has 0 saturated heterocycles. The summed E-state index contributed by atoms with van der Waals surface area (Å²) in [6.45, 7) is 8.00. The van der Waals surface area contributed by atoms with Gasteiger partial charge in [-0.2, -0.15) is 0 Å². The van der Waals surface area contributed by atoms with Gasteiger partial charge in [-0.05, 0) is 26.0 Å². The molecule has 2 heterocycles. The minimum atomic E-state index is -0.411. The van der Waals surface area contributed by atoms with Gasteiger partial charge in [0.2, 0.25) is 11.8 Å². The van der Waals surface area contributed by atoms with E-state index in [-0.39, 0.29) is 18.4 Å². The van der Waals surface area contributed by atoms with Crippen LogP contribution in [0.3, 0.4) is 0 Å². The molecule has 1 aliphatic heterocycles. The lowest BCUT2D eigenvalue weighted by molar-refractivity contribution is -0.121. The zero-order chi connectivity index (χ0) is 18.0. The van der Waals surface area contributed by atoms with E-state index in [9.17, 15) is 9.59 Å². The fraction of sp³-hybridized carbons (Fsp3) is 0.294. The van der Waals surface area contributed by atoms with Crippen LogP contribution in [-0.2, 0) is 16.1 Å². The van der Waals surface area contributed by atoms with Gasteiger partial charge in [-0.3, -0.25) is 14.5 Å². The lowest BCUT2D eigenvalue weighted by Gasteiger charge is -2.30. The van der Waals surface area contributed by atoms with Crippen LogP contribution in [-0.4, -0.2) is 38.4 Å². The van der Waals surface area contributed by atoms with Crippen LogP contribution >= 0.6 is 11.8 Å². The zero-order valence-corrected chi connectivity index (χ0v) is 14.9. The Kier molecular flexibility index (Phi) is 4.89. The lowest BCUT2D eigenvalue weighted by atomic mass is 10.2. The predicted octanol–water partition coefficient (Wildman–Crippen LogP) is 2.24. The summed E-state index contributed by atoms with van der Waals surface area (Å²) >= 11 is 1.33. The van der Waals surface area contributed by atoms with Gasteiger partial charge in [-0.1, -0.05) is 30.0 Å². The molecule has 2 aromatic rings. The molecule has 0 aliphatic carbocycles. The number of benzene rings is 1. The summed E-state index contributed by atoms with van der Waals surface area (Å²) in [6, 6.07) is 7.28. The van der Waals surface area contributed by atoms with Gasteiger partial charge in [-0.25, -0.2) is 0 Å². The number of nitrogens with one attached hydrogen (secondary N) is 1. The molecule has 1 aliphatic rings. The molecule has 0 bridgehead atoms. The van der Waals surface area contributed by atoms with E-state index in [4.69, 9.17) is 0 Å². The SMILES string of the molecule is C=CCn1c(C)nnc1S[C@H](C)C(=O)N1CC(=O)Nc2ccccc21. The number of fused-ring (bicyclic) bond motifs is 1. The molecule has 8 heteroatoms. The third-order valence-corrected chi connectivity index (χ3v) is 4.95. The minimum Gasteiger partial charge on any atom is -0.323 e. The molecule has 1 N–H and O–H groups in total. The second-order valence-corrected chi connectivity index (χ2v) is 6.99. The topological polar surface area (TPSA) is 80.1 Å². The standard InChI is InChI=1S/C17H19N5O2S/c1-4-9-21-12(3)19-20-17(21)25-11(2)16(24)22-10-15(23)18-13-7-5-6-8-14(13)22/h4-8,11H,1,9-10H2,2-3H3,(H,18,23)/t11-/m1/s1. The number of hydrogen-bond donors (Lipinski definition) is 1. The first kappa shape index (κ1) is 17.2. The van der Waals surface area contributed by atoms with Crippen LogP contribution in [0.2, 0.25) is 0 Å². The van der Waals surface area contributed by atoms with Crippen molar-refractivity contribution in [3.8, 4) is 0 Å². The third-order valence-electron chi connectivity index (χ3n) is 3.88. The van der Waals surface area contributed by atoms with E-state index in [1.54, 1.807) is 12.1 Å². The summed E-state index contributed by atoms with van der Waals surface area (Å²) in [5.74, 6) is 0.428. The first-order valence-electron chi connectivity index (χ1n) is 7.89. The molecule has 3 rings (SSSR count). The number of hydrogen-bond acceptors (Lipinski definition) is 5. The number of allylic oxidation sites excluding steroid dienone is 1. The first-order valence-corrected chi connectivity index (χ1v) is 8.77. The number of thioether (sulfide) groups is 1. The molecule has 0 radical (unpaired) electrons. The number of rotatable bonds is 5. The second kappa shape index (κ2) is 7.10. The summed E-state index contributed by atoms with van der Waals surface area (Å²) < 4.78 is 1.90. The predicted molar refractivity (Wildman–Crippen MR) is 97.7 cm³/mol. The molecule has 7 nitrogen and oxygen atoms in total. The number of carbonyl (C=O) groups excluding carboxylic acids is 2. The number of anilines is 2. The van der Waals surface area contributed by atoms with Gasteiger partial charge in [0.15, 0.2) is 5.16 Å². The molecule has 1 aromatic carbocycles. The van der Waals surface area contributed by atoms with E-state index in [2.05, 4.69) is 22.1 Å². The Bertz CT molecular complexity index is 832.